The maximum Gasteiger partial charge on any atom is 0.305 e. The van der Waals surface area contributed by atoms with Gasteiger partial charge in [0.15, 0.2) is 5.78 Å². The summed E-state index contributed by atoms with van der Waals surface area (Å²) < 4.78 is 5.64. The quantitative estimate of drug-likeness (QED) is 0.770. The molecule has 1 aromatic carbocycles. The number of rotatable bonds is 2. The van der Waals surface area contributed by atoms with Crippen molar-refractivity contribution in [3.8, 4) is 5.75 Å². The summed E-state index contributed by atoms with van der Waals surface area (Å²) in [7, 11) is 0. The molecule has 0 bridgehead atoms. The molecule has 6 heteroatoms. The third-order valence-electron chi connectivity index (χ3n) is 4.39. The molecule has 0 saturated heterocycles. The second-order valence-corrected chi connectivity index (χ2v) is 5.94. The molecule has 1 heterocycles. The van der Waals surface area contributed by atoms with Crippen molar-refractivity contribution in [2.24, 2.45) is 0 Å². The molecule has 0 amide bonds. The average molecular weight is 306 g/mol. The van der Waals surface area contributed by atoms with Crippen LogP contribution in [-0.2, 0) is 16.0 Å². The van der Waals surface area contributed by atoms with E-state index in [2.05, 4.69) is 0 Å². The van der Waals surface area contributed by atoms with Gasteiger partial charge in [0.05, 0.1) is 30.3 Å². The molecule has 118 valence electrons. The fourth-order valence-corrected chi connectivity index (χ4v) is 3.45. The third kappa shape index (κ3) is 2.38. The van der Waals surface area contributed by atoms with Crippen molar-refractivity contribution in [2.75, 3.05) is 0 Å². The molecule has 0 spiro atoms. The Morgan fingerprint density at radius 2 is 2.18 bits per heavy atom. The number of aliphatic hydroxyl groups excluding tert-OH is 1. The van der Waals surface area contributed by atoms with Crippen LogP contribution >= 0.6 is 0 Å². The van der Waals surface area contributed by atoms with E-state index in [1.807, 2.05) is 0 Å². The van der Waals surface area contributed by atoms with Crippen LogP contribution in [0.15, 0.2) is 6.07 Å². The number of benzene rings is 1. The van der Waals surface area contributed by atoms with E-state index in [9.17, 15) is 19.8 Å². The van der Waals surface area contributed by atoms with Gasteiger partial charge in [-0.2, -0.15) is 0 Å². The molecule has 0 fully saturated rings. The number of aliphatic hydroxyl groups is 1. The van der Waals surface area contributed by atoms with Gasteiger partial charge in [0, 0.05) is 12.0 Å². The second-order valence-electron chi connectivity index (χ2n) is 5.94. The molecule has 1 aliphatic heterocycles. The Bertz CT molecular complexity index is 651. The summed E-state index contributed by atoms with van der Waals surface area (Å²) in [5.74, 6) is -1.25. The molecule has 0 unspecified atom stereocenters. The van der Waals surface area contributed by atoms with E-state index in [0.29, 0.717) is 24.0 Å². The summed E-state index contributed by atoms with van der Waals surface area (Å²) in [6, 6.07) is 1.72. The minimum atomic E-state index is -0.946. The Labute approximate surface area is 127 Å². The largest absolute Gasteiger partial charge is 0.507 e. The van der Waals surface area contributed by atoms with Gasteiger partial charge in [-0.3, -0.25) is 9.59 Å². The van der Waals surface area contributed by atoms with Crippen LogP contribution in [-0.4, -0.2) is 33.2 Å². The molecule has 3 N–H and O–H groups in total. The van der Waals surface area contributed by atoms with E-state index >= 15 is 0 Å². The number of aliphatic carboxylic acids is 1. The van der Waals surface area contributed by atoms with Gasteiger partial charge in [-0.15, -0.1) is 0 Å². The molecular weight excluding hydrogens is 288 g/mol. The van der Waals surface area contributed by atoms with Crippen LogP contribution < -0.4 is 0 Å². The highest BCUT2D eigenvalue weighted by molar-refractivity contribution is 6.01. The van der Waals surface area contributed by atoms with Gasteiger partial charge in [-0.1, -0.05) is 6.07 Å². The van der Waals surface area contributed by atoms with Crippen molar-refractivity contribution in [3.05, 3.63) is 28.3 Å². The van der Waals surface area contributed by atoms with Crippen molar-refractivity contribution in [3.63, 3.8) is 0 Å². The highest BCUT2D eigenvalue weighted by Gasteiger charge is 2.35. The van der Waals surface area contributed by atoms with E-state index in [1.165, 1.54) is 0 Å². The number of carbonyl (C=O) groups is 2. The lowest BCUT2D eigenvalue weighted by molar-refractivity contribution is -0.141. The number of hydrogen-bond acceptors (Lipinski definition) is 5. The highest BCUT2D eigenvalue weighted by Crippen LogP contribution is 2.44. The fraction of sp³-hybridized carbons (Fsp3) is 0.500. The van der Waals surface area contributed by atoms with Crippen molar-refractivity contribution in [1.82, 2.24) is 0 Å². The van der Waals surface area contributed by atoms with Crippen LogP contribution in [0.5, 0.6) is 5.75 Å². The number of fused-ring (bicyclic) bond motifs is 2. The molecule has 3 atom stereocenters. The summed E-state index contributed by atoms with van der Waals surface area (Å²) in [5.41, 5.74) is 1.90. The highest BCUT2D eigenvalue weighted by atomic mass is 16.5. The summed E-state index contributed by atoms with van der Waals surface area (Å²) in [6.45, 7) is 1.72. The zero-order valence-corrected chi connectivity index (χ0v) is 12.2. The van der Waals surface area contributed by atoms with Gasteiger partial charge in [-0.05, 0) is 30.9 Å². The minimum Gasteiger partial charge on any atom is -0.507 e. The fourth-order valence-electron chi connectivity index (χ4n) is 3.45. The predicted molar refractivity (Wildman–Crippen MR) is 75.9 cm³/mol. The van der Waals surface area contributed by atoms with E-state index in [4.69, 9.17) is 9.84 Å². The van der Waals surface area contributed by atoms with E-state index in [0.717, 1.165) is 5.56 Å². The summed E-state index contributed by atoms with van der Waals surface area (Å²) in [6.07, 6.45) is -0.984. The normalized spacial score (nSPS) is 27.2. The zero-order chi connectivity index (χ0) is 16.0. The van der Waals surface area contributed by atoms with Gasteiger partial charge in [0.1, 0.15) is 5.75 Å². The number of ether oxygens (including phenoxy) is 1. The molecule has 0 saturated carbocycles. The second kappa shape index (κ2) is 5.37. The maximum atomic E-state index is 12.1. The third-order valence-corrected chi connectivity index (χ3v) is 4.39. The molecule has 1 aliphatic carbocycles. The molecule has 6 nitrogen and oxygen atoms in total. The standard InChI is InChI=1S/C16H18O6/c1-7-14-8(4-9(22-7)6-13(19)20)5-10-11(17)2-3-12(18)15(10)16(14)21/h5,7,9,11,17,21H,2-4,6H2,1H3,(H,19,20)/t7-,9-,11+/m1/s1. The number of phenolic OH excluding ortho intramolecular Hbond substituents is 1. The van der Waals surface area contributed by atoms with Crippen LogP contribution in [0.25, 0.3) is 0 Å². The Morgan fingerprint density at radius 1 is 1.45 bits per heavy atom. The lowest BCUT2D eigenvalue weighted by Gasteiger charge is -2.33. The lowest BCUT2D eigenvalue weighted by Crippen LogP contribution is -2.29. The molecule has 2 aliphatic rings. The monoisotopic (exact) mass is 306 g/mol. The Hall–Kier alpha value is -1.92. The number of hydrogen-bond donors (Lipinski definition) is 3. The number of phenols is 1. The van der Waals surface area contributed by atoms with E-state index < -0.39 is 24.3 Å². The number of carbonyl (C=O) groups excluding carboxylic acids is 1. The van der Waals surface area contributed by atoms with Crippen molar-refractivity contribution >= 4 is 11.8 Å². The molecule has 1 aromatic rings. The average Bonchev–Trinajstić information content (AvgIpc) is 2.41. The van der Waals surface area contributed by atoms with Gasteiger partial charge in [0.25, 0.3) is 0 Å². The SMILES string of the molecule is C[C@H]1O[C@@H](CC(=O)O)Cc2cc3c(c(O)c21)C(=O)CC[C@@H]3O. The molecule has 3 rings (SSSR count). The number of carboxylic acids is 1. The van der Waals surface area contributed by atoms with E-state index in [-0.39, 0.29) is 29.9 Å². The first-order valence-corrected chi connectivity index (χ1v) is 7.35. The topological polar surface area (TPSA) is 104 Å². The maximum absolute atomic E-state index is 12.1. The predicted octanol–water partition coefficient (Wildman–Crippen LogP) is 1.88. The minimum absolute atomic E-state index is 0.122. The van der Waals surface area contributed by atoms with Gasteiger partial charge < -0.3 is 20.1 Å². The first-order valence-electron chi connectivity index (χ1n) is 7.35. The molecule has 0 radical (unpaired) electrons. The number of Topliss-reactive ketones (excluding diaryl/α,β-unsaturated/α-hetero) is 1. The molecular formula is C16H18O6. The Kier molecular flexibility index (Phi) is 3.66. The molecule has 0 aromatic heterocycles. The Balaban J connectivity index is 2.08. The van der Waals surface area contributed by atoms with Crippen molar-refractivity contribution in [1.29, 1.82) is 0 Å². The van der Waals surface area contributed by atoms with Crippen LogP contribution in [0, 0.1) is 0 Å². The number of carboxylic acid groups (broad SMARTS) is 1. The van der Waals surface area contributed by atoms with Crippen LogP contribution in [0.3, 0.4) is 0 Å². The van der Waals surface area contributed by atoms with Crippen LogP contribution in [0.1, 0.15) is 65.4 Å². The van der Waals surface area contributed by atoms with Crippen LogP contribution in [0.2, 0.25) is 0 Å². The lowest BCUT2D eigenvalue weighted by atomic mass is 9.81. The van der Waals surface area contributed by atoms with Gasteiger partial charge in [0.2, 0.25) is 0 Å². The van der Waals surface area contributed by atoms with E-state index in [1.54, 1.807) is 13.0 Å². The van der Waals surface area contributed by atoms with Gasteiger partial charge in [-0.25, -0.2) is 0 Å². The summed E-state index contributed by atoms with van der Waals surface area (Å²) >= 11 is 0. The van der Waals surface area contributed by atoms with Crippen LogP contribution in [0.4, 0.5) is 0 Å². The summed E-state index contributed by atoms with van der Waals surface area (Å²) in [5, 5.41) is 29.5. The summed E-state index contributed by atoms with van der Waals surface area (Å²) in [4.78, 5) is 22.9. The zero-order valence-electron chi connectivity index (χ0n) is 12.2. The first-order chi connectivity index (χ1) is 10.4. The number of ketones is 1. The first kappa shape index (κ1) is 15.0. The van der Waals surface area contributed by atoms with Crippen molar-refractivity contribution in [2.45, 2.75) is 50.9 Å². The smallest absolute Gasteiger partial charge is 0.305 e. The van der Waals surface area contributed by atoms with Crippen molar-refractivity contribution < 1.29 is 29.6 Å². The molecule has 22 heavy (non-hydrogen) atoms. The van der Waals surface area contributed by atoms with Gasteiger partial charge >= 0.3 is 5.97 Å². The number of aromatic hydroxyl groups is 1. The Morgan fingerprint density at radius 3 is 2.86 bits per heavy atom.